The number of halogens is 2. The highest BCUT2D eigenvalue weighted by atomic mass is 19.3. The van der Waals surface area contributed by atoms with Crippen LogP contribution in [0.2, 0.25) is 0 Å². The van der Waals surface area contributed by atoms with Crippen LogP contribution in [0.1, 0.15) is 11.5 Å². The van der Waals surface area contributed by atoms with Gasteiger partial charge in [0.05, 0.1) is 12.1 Å². The van der Waals surface area contributed by atoms with Crippen molar-refractivity contribution in [1.82, 2.24) is 5.16 Å². The Hall–Kier alpha value is -1.46. The fraction of sp³-hybridized carbons (Fsp3) is 0.429. The summed E-state index contributed by atoms with van der Waals surface area (Å²) in [5, 5.41) is 11.5. The molecule has 1 aromatic heterocycles. The van der Waals surface area contributed by atoms with E-state index < -0.39 is 18.3 Å². The molecule has 1 aromatic rings. The van der Waals surface area contributed by atoms with Crippen molar-refractivity contribution in [2.45, 2.75) is 19.3 Å². The number of aryl methyl sites for hydroxylation is 1. The topological polar surface area (TPSA) is 63.3 Å². The third-order valence-electron chi connectivity index (χ3n) is 1.39. The van der Waals surface area contributed by atoms with Crippen molar-refractivity contribution in [2.24, 2.45) is 0 Å². The number of rotatable bonds is 3. The molecule has 0 saturated heterocycles. The molecular formula is C7H7F2NO3. The van der Waals surface area contributed by atoms with E-state index in [1.54, 1.807) is 6.92 Å². The average molecular weight is 191 g/mol. The molecule has 0 radical (unpaired) electrons. The number of carboxylic acids is 1. The quantitative estimate of drug-likeness (QED) is 0.780. The molecule has 72 valence electrons. The van der Waals surface area contributed by atoms with Crippen molar-refractivity contribution >= 4 is 5.97 Å². The van der Waals surface area contributed by atoms with E-state index in [2.05, 4.69) is 9.68 Å². The van der Waals surface area contributed by atoms with Gasteiger partial charge >= 0.3 is 11.9 Å². The zero-order chi connectivity index (χ0) is 10.1. The van der Waals surface area contributed by atoms with Crippen LogP contribution in [-0.2, 0) is 11.2 Å². The van der Waals surface area contributed by atoms with E-state index in [-0.39, 0.29) is 5.76 Å². The summed E-state index contributed by atoms with van der Waals surface area (Å²) in [6.07, 6.45) is -0.969. The average Bonchev–Trinajstić information content (AvgIpc) is 2.34. The first-order valence-electron chi connectivity index (χ1n) is 3.45. The number of carboxylic acid groups (broad SMARTS) is 1. The van der Waals surface area contributed by atoms with Crippen molar-refractivity contribution in [1.29, 1.82) is 0 Å². The summed E-state index contributed by atoms with van der Waals surface area (Å²) in [4.78, 5) is 10.0. The largest absolute Gasteiger partial charge is 0.477 e. The second-order valence-corrected chi connectivity index (χ2v) is 2.62. The summed E-state index contributed by atoms with van der Waals surface area (Å²) in [5.41, 5.74) is 0.441. The van der Waals surface area contributed by atoms with Gasteiger partial charge in [-0.25, -0.2) is 4.79 Å². The highest BCUT2D eigenvalue weighted by molar-refractivity contribution is 5.75. The van der Waals surface area contributed by atoms with E-state index in [1.807, 2.05) is 0 Å². The van der Waals surface area contributed by atoms with Crippen LogP contribution in [0, 0.1) is 6.92 Å². The van der Waals surface area contributed by atoms with Gasteiger partial charge in [-0.05, 0) is 6.92 Å². The zero-order valence-corrected chi connectivity index (χ0v) is 6.75. The highest BCUT2D eigenvalue weighted by Gasteiger charge is 2.40. The molecule has 0 bridgehead atoms. The van der Waals surface area contributed by atoms with Crippen molar-refractivity contribution in [3.8, 4) is 0 Å². The van der Waals surface area contributed by atoms with Crippen LogP contribution in [0.25, 0.3) is 0 Å². The minimum Gasteiger partial charge on any atom is -0.477 e. The van der Waals surface area contributed by atoms with E-state index >= 15 is 0 Å². The number of alkyl halides is 2. The van der Waals surface area contributed by atoms with E-state index in [9.17, 15) is 13.6 Å². The van der Waals surface area contributed by atoms with Gasteiger partial charge in [0.15, 0.2) is 0 Å². The number of nitrogens with zero attached hydrogens (tertiary/aromatic N) is 1. The Kier molecular flexibility index (Phi) is 2.31. The maximum Gasteiger partial charge on any atom is 0.375 e. The van der Waals surface area contributed by atoms with Gasteiger partial charge in [0.1, 0.15) is 5.76 Å². The fourth-order valence-electron chi connectivity index (χ4n) is 0.794. The summed E-state index contributed by atoms with van der Waals surface area (Å²) in [5.74, 6) is -6.10. The Balaban J connectivity index is 2.74. The molecule has 0 fully saturated rings. The van der Waals surface area contributed by atoms with E-state index in [0.29, 0.717) is 5.69 Å². The molecule has 0 aliphatic rings. The normalized spacial score (nSPS) is 11.6. The van der Waals surface area contributed by atoms with E-state index in [1.165, 1.54) is 6.07 Å². The summed E-state index contributed by atoms with van der Waals surface area (Å²) < 4.78 is 29.6. The van der Waals surface area contributed by atoms with Crippen molar-refractivity contribution in [3.05, 3.63) is 17.5 Å². The highest BCUT2D eigenvalue weighted by Crippen LogP contribution is 2.20. The van der Waals surface area contributed by atoms with Crippen LogP contribution in [0.5, 0.6) is 0 Å². The molecule has 0 aromatic carbocycles. The van der Waals surface area contributed by atoms with Crippen LogP contribution < -0.4 is 0 Å². The summed E-state index contributed by atoms with van der Waals surface area (Å²) in [7, 11) is 0. The van der Waals surface area contributed by atoms with Crippen LogP contribution in [0.4, 0.5) is 8.78 Å². The zero-order valence-electron chi connectivity index (χ0n) is 6.75. The van der Waals surface area contributed by atoms with Crippen LogP contribution in [0.15, 0.2) is 10.6 Å². The molecule has 1 N–H and O–H groups in total. The molecular weight excluding hydrogens is 184 g/mol. The Morgan fingerprint density at radius 2 is 2.38 bits per heavy atom. The van der Waals surface area contributed by atoms with Gasteiger partial charge in [-0.3, -0.25) is 0 Å². The fourth-order valence-corrected chi connectivity index (χ4v) is 0.794. The third-order valence-corrected chi connectivity index (χ3v) is 1.39. The molecule has 0 amide bonds. The van der Waals surface area contributed by atoms with Gasteiger partial charge in [-0.15, -0.1) is 0 Å². The van der Waals surface area contributed by atoms with Gasteiger partial charge < -0.3 is 9.63 Å². The lowest BCUT2D eigenvalue weighted by molar-refractivity contribution is -0.165. The number of hydrogen-bond acceptors (Lipinski definition) is 3. The Labute approximate surface area is 72.1 Å². The second kappa shape index (κ2) is 3.12. The molecule has 13 heavy (non-hydrogen) atoms. The molecule has 0 spiro atoms. The van der Waals surface area contributed by atoms with Gasteiger partial charge in [-0.1, -0.05) is 5.16 Å². The molecule has 0 aliphatic carbocycles. The number of aromatic nitrogens is 1. The predicted octanol–water partition coefficient (Wildman–Crippen LogP) is 1.25. The molecule has 6 heteroatoms. The number of carbonyl (C=O) groups is 1. The molecule has 1 rings (SSSR count). The minimum atomic E-state index is -3.80. The molecule has 4 nitrogen and oxygen atoms in total. The number of aliphatic carboxylic acids is 1. The lowest BCUT2D eigenvalue weighted by Gasteiger charge is -2.07. The first-order chi connectivity index (χ1) is 5.92. The first-order valence-corrected chi connectivity index (χ1v) is 3.45. The van der Waals surface area contributed by atoms with Gasteiger partial charge in [0.25, 0.3) is 0 Å². The van der Waals surface area contributed by atoms with Crippen LogP contribution >= 0.6 is 0 Å². The first kappa shape index (κ1) is 9.63. The maximum absolute atomic E-state index is 12.6. The van der Waals surface area contributed by atoms with Crippen molar-refractivity contribution < 1.29 is 23.2 Å². The third kappa shape index (κ3) is 2.24. The maximum atomic E-state index is 12.6. The second-order valence-electron chi connectivity index (χ2n) is 2.62. The SMILES string of the molecule is Cc1cc(CC(F)(F)C(=O)O)on1. The molecule has 0 aliphatic heterocycles. The molecule has 0 unspecified atom stereocenters. The Bertz CT molecular complexity index is 321. The lowest BCUT2D eigenvalue weighted by Crippen LogP contribution is -2.30. The summed E-state index contributed by atoms with van der Waals surface area (Å²) >= 11 is 0. The summed E-state index contributed by atoms with van der Waals surface area (Å²) in [6, 6.07) is 1.27. The van der Waals surface area contributed by atoms with Crippen molar-refractivity contribution in [3.63, 3.8) is 0 Å². The lowest BCUT2D eigenvalue weighted by atomic mass is 10.2. The molecule has 0 atom stereocenters. The predicted molar refractivity (Wildman–Crippen MR) is 37.5 cm³/mol. The van der Waals surface area contributed by atoms with Crippen molar-refractivity contribution in [2.75, 3.05) is 0 Å². The monoisotopic (exact) mass is 191 g/mol. The Morgan fingerprint density at radius 3 is 2.77 bits per heavy atom. The smallest absolute Gasteiger partial charge is 0.375 e. The standard InChI is InChI=1S/C7H7F2NO3/c1-4-2-5(13-10-4)3-7(8,9)6(11)12/h2H,3H2,1H3,(H,11,12). The van der Waals surface area contributed by atoms with Gasteiger partial charge in [0, 0.05) is 6.07 Å². The Morgan fingerprint density at radius 1 is 1.77 bits per heavy atom. The van der Waals surface area contributed by atoms with E-state index in [0.717, 1.165) is 0 Å². The van der Waals surface area contributed by atoms with Crippen LogP contribution in [0.3, 0.4) is 0 Å². The molecule has 0 saturated carbocycles. The van der Waals surface area contributed by atoms with Crippen LogP contribution in [-0.4, -0.2) is 22.2 Å². The van der Waals surface area contributed by atoms with Gasteiger partial charge in [-0.2, -0.15) is 8.78 Å². The van der Waals surface area contributed by atoms with E-state index in [4.69, 9.17) is 5.11 Å². The number of hydrogen-bond donors (Lipinski definition) is 1. The minimum absolute atomic E-state index is 0.134. The van der Waals surface area contributed by atoms with Gasteiger partial charge in [0.2, 0.25) is 0 Å². The summed E-state index contributed by atoms with van der Waals surface area (Å²) in [6.45, 7) is 1.56. The molecule has 1 heterocycles.